The van der Waals surface area contributed by atoms with Crippen molar-refractivity contribution in [1.29, 1.82) is 0 Å². The summed E-state index contributed by atoms with van der Waals surface area (Å²) >= 11 is 5.27. The molecule has 16 heavy (non-hydrogen) atoms. The van der Waals surface area contributed by atoms with E-state index < -0.39 is 0 Å². The third-order valence-corrected chi connectivity index (χ3v) is 3.62. The van der Waals surface area contributed by atoms with E-state index in [1.807, 2.05) is 23.9 Å². The van der Waals surface area contributed by atoms with Crippen molar-refractivity contribution in [2.45, 2.75) is 19.4 Å². The summed E-state index contributed by atoms with van der Waals surface area (Å²) < 4.78 is 0.998. The van der Waals surface area contributed by atoms with Gasteiger partial charge in [0.05, 0.1) is 0 Å². The molecule has 90 valence electrons. The molecule has 4 heteroatoms. The normalized spacial score (nSPS) is 12.7. The summed E-state index contributed by atoms with van der Waals surface area (Å²) in [5, 5.41) is 13.2. The van der Waals surface area contributed by atoms with Crippen molar-refractivity contribution in [1.82, 2.24) is 5.32 Å². The van der Waals surface area contributed by atoms with Crippen LogP contribution in [-0.4, -0.2) is 23.7 Å². The monoisotopic (exact) mass is 303 g/mol. The van der Waals surface area contributed by atoms with Crippen LogP contribution in [0.15, 0.2) is 22.7 Å². The molecule has 0 aromatic heterocycles. The molecule has 0 saturated carbocycles. The Labute approximate surface area is 110 Å². The van der Waals surface area contributed by atoms with Crippen molar-refractivity contribution in [3.8, 4) is 5.75 Å². The number of thioether (sulfide) groups is 1. The van der Waals surface area contributed by atoms with Gasteiger partial charge in [0.1, 0.15) is 5.75 Å². The van der Waals surface area contributed by atoms with Gasteiger partial charge in [0.2, 0.25) is 0 Å². The average Bonchev–Trinajstić information content (AvgIpc) is 2.27. The molecule has 0 aliphatic heterocycles. The smallest absolute Gasteiger partial charge is 0.120 e. The number of benzene rings is 1. The lowest BCUT2D eigenvalue weighted by Crippen LogP contribution is -2.20. The molecule has 1 atom stereocenters. The third-order valence-electron chi connectivity index (χ3n) is 2.43. The first-order valence-corrected chi connectivity index (χ1v) is 7.54. The topological polar surface area (TPSA) is 32.3 Å². The second kappa shape index (κ2) is 7.20. The van der Waals surface area contributed by atoms with Gasteiger partial charge in [-0.05, 0) is 50.1 Å². The van der Waals surface area contributed by atoms with Crippen molar-refractivity contribution in [3.63, 3.8) is 0 Å². The summed E-state index contributed by atoms with van der Waals surface area (Å²) in [5.74, 6) is 1.53. The molecule has 1 rings (SSSR count). The lowest BCUT2D eigenvalue weighted by Gasteiger charge is -2.15. The van der Waals surface area contributed by atoms with E-state index in [-0.39, 0.29) is 6.04 Å². The summed E-state index contributed by atoms with van der Waals surface area (Å²) in [5.41, 5.74) is 0.943. The largest absolute Gasteiger partial charge is 0.508 e. The van der Waals surface area contributed by atoms with Gasteiger partial charge in [-0.3, -0.25) is 0 Å². The van der Waals surface area contributed by atoms with Gasteiger partial charge in [-0.15, -0.1) is 0 Å². The first kappa shape index (κ1) is 13.9. The number of halogens is 1. The van der Waals surface area contributed by atoms with E-state index in [0.29, 0.717) is 5.75 Å². The predicted molar refractivity (Wildman–Crippen MR) is 75.2 cm³/mol. The SMILES string of the molecule is CSCCCNC(C)c1cc(Br)ccc1O. The van der Waals surface area contributed by atoms with Crippen molar-refractivity contribution >= 4 is 27.7 Å². The van der Waals surface area contributed by atoms with Crippen LogP contribution >= 0.6 is 27.7 Å². The Morgan fingerprint density at radius 3 is 2.94 bits per heavy atom. The van der Waals surface area contributed by atoms with Gasteiger partial charge in [-0.2, -0.15) is 11.8 Å². The Kier molecular flexibility index (Phi) is 6.24. The fourth-order valence-electron chi connectivity index (χ4n) is 1.52. The molecular formula is C12H18BrNOS. The maximum atomic E-state index is 9.74. The minimum atomic E-state index is 0.180. The zero-order valence-corrected chi connectivity index (χ0v) is 12.1. The summed E-state index contributed by atoms with van der Waals surface area (Å²) in [6, 6.07) is 5.71. The van der Waals surface area contributed by atoms with Gasteiger partial charge in [0.15, 0.2) is 0 Å². The highest BCUT2D eigenvalue weighted by Gasteiger charge is 2.09. The van der Waals surface area contributed by atoms with Crippen LogP contribution in [0, 0.1) is 0 Å². The van der Waals surface area contributed by atoms with E-state index in [0.717, 1.165) is 23.0 Å². The van der Waals surface area contributed by atoms with Gasteiger partial charge in [0, 0.05) is 16.1 Å². The summed E-state index contributed by atoms with van der Waals surface area (Å²) in [6.07, 6.45) is 3.27. The Morgan fingerprint density at radius 1 is 1.50 bits per heavy atom. The van der Waals surface area contributed by atoms with Crippen LogP contribution in [-0.2, 0) is 0 Å². The number of phenolic OH excluding ortho intramolecular Hbond substituents is 1. The van der Waals surface area contributed by atoms with Crippen molar-refractivity contribution in [3.05, 3.63) is 28.2 Å². The predicted octanol–water partition coefficient (Wildman–Crippen LogP) is 3.56. The molecule has 0 heterocycles. The molecule has 2 nitrogen and oxygen atoms in total. The van der Waals surface area contributed by atoms with Crippen LogP contribution in [0.2, 0.25) is 0 Å². The standard InChI is InChI=1S/C12H18BrNOS/c1-9(14-6-3-7-16-2)11-8-10(13)4-5-12(11)15/h4-5,8-9,14-15H,3,6-7H2,1-2H3. The van der Waals surface area contributed by atoms with E-state index in [4.69, 9.17) is 0 Å². The highest BCUT2D eigenvalue weighted by atomic mass is 79.9. The molecule has 2 N–H and O–H groups in total. The van der Waals surface area contributed by atoms with Gasteiger partial charge in [-0.1, -0.05) is 15.9 Å². The van der Waals surface area contributed by atoms with Gasteiger partial charge >= 0.3 is 0 Å². The second-order valence-corrected chi connectivity index (χ2v) is 5.63. The molecule has 0 amide bonds. The van der Waals surface area contributed by atoms with E-state index >= 15 is 0 Å². The fourth-order valence-corrected chi connectivity index (χ4v) is 2.33. The van der Waals surface area contributed by atoms with Crippen LogP contribution in [0.5, 0.6) is 5.75 Å². The van der Waals surface area contributed by atoms with Crippen LogP contribution in [0.3, 0.4) is 0 Å². The highest BCUT2D eigenvalue weighted by molar-refractivity contribution is 9.10. The fraction of sp³-hybridized carbons (Fsp3) is 0.500. The molecule has 0 fully saturated rings. The first-order valence-electron chi connectivity index (χ1n) is 5.36. The van der Waals surface area contributed by atoms with E-state index in [9.17, 15) is 5.11 Å². The van der Waals surface area contributed by atoms with Crippen molar-refractivity contribution in [2.24, 2.45) is 0 Å². The Morgan fingerprint density at radius 2 is 2.25 bits per heavy atom. The lowest BCUT2D eigenvalue weighted by atomic mass is 10.1. The molecular weight excluding hydrogens is 286 g/mol. The molecule has 0 saturated heterocycles. The molecule has 0 aliphatic rings. The number of hydrogen-bond acceptors (Lipinski definition) is 3. The first-order chi connectivity index (χ1) is 7.65. The van der Waals surface area contributed by atoms with Gasteiger partial charge < -0.3 is 10.4 Å². The van der Waals surface area contributed by atoms with Crippen LogP contribution in [0.4, 0.5) is 0 Å². The second-order valence-electron chi connectivity index (χ2n) is 3.73. The number of aromatic hydroxyl groups is 1. The summed E-state index contributed by atoms with van der Waals surface area (Å²) in [4.78, 5) is 0. The number of hydrogen-bond donors (Lipinski definition) is 2. The molecule has 0 spiro atoms. The minimum Gasteiger partial charge on any atom is -0.508 e. The zero-order valence-electron chi connectivity index (χ0n) is 9.66. The molecule has 1 unspecified atom stereocenters. The number of rotatable bonds is 6. The van der Waals surface area contributed by atoms with Crippen molar-refractivity contribution < 1.29 is 5.11 Å². The molecule has 1 aromatic rings. The van der Waals surface area contributed by atoms with Crippen molar-refractivity contribution in [2.75, 3.05) is 18.6 Å². The minimum absolute atomic E-state index is 0.180. The third kappa shape index (κ3) is 4.36. The maximum absolute atomic E-state index is 9.74. The van der Waals surface area contributed by atoms with Crippen LogP contribution in [0.1, 0.15) is 24.9 Å². The van der Waals surface area contributed by atoms with Crippen LogP contribution < -0.4 is 5.32 Å². The molecule has 1 aromatic carbocycles. The van der Waals surface area contributed by atoms with E-state index in [1.165, 1.54) is 5.75 Å². The number of phenols is 1. The average molecular weight is 304 g/mol. The quantitative estimate of drug-likeness (QED) is 0.788. The Bertz CT molecular complexity index is 333. The Balaban J connectivity index is 2.51. The van der Waals surface area contributed by atoms with E-state index in [1.54, 1.807) is 6.07 Å². The van der Waals surface area contributed by atoms with Gasteiger partial charge in [-0.25, -0.2) is 0 Å². The molecule has 0 radical (unpaired) electrons. The summed E-state index contributed by atoms with van der Waals surface area (Å²) in [7, 11) is 0. The van der Waals surface area contributed by atoms with Crippen LogP contribution in [0.25, 0.3) is 0 Å². The Hall–Kier alpha value is -0.190. The highest BCUT2D eigenvalue weighted by Crippen LogP contribution is 2.27. The lowest BCUT2D eigenvalue weighted by molar-refractivity contribution is 0.452. The molecule has 0 bridgehead atoms. The zero-order chi connectivity index (χ0) is 12.0. The van der Waals surface area contributed by atoms with Gasteiger partial charge in [0.25, 0.3) is 0 Å². The summed E-state index contributed by atoms with van der Waals surface area (Å²) in [6.45, 7) is 3.05. The van der Waals surface area contributed by atoms with E-state index in [2.05, 4.69) is 34.4 Å². The maximum Gasteiger partial charge on any atom is 0.120 e. The molecule has 0 aliphatic carbocycles. The number of nitrogens with one attached hydrogen (secondary N) is 1.